The summed E-state index contributed by atoms with van der Waals surface area (Å²) < 4.78 is 0.971. The van der Waals surface area contributed by atoms with Crippen LogP contribution in [-0.2, 0) is 0 Å². The lowest BCUT2D eigenvalue weighted by molar-refractivity contribution is 0.0959. The third kappa shape index (κ3) is 3.57. The van der Waals surface area contributed by atoms with Crippen LogP contribution in [0.25, 0.3) is 0 Å². The molecule has 2 aromatic rings. The van der Waals surface area contributed by atoms with Crippen molar-refractivity contribution >= 4 is 38.5 Å². The standard InChI is InChI=1S/C18H17BrN2OS/c1-21(2)17-16(15(22)12-8-10-14(19)11-9-12)23-18(20-17)13-6-4-3-5-7-13/h3-11,16-17H,1-2H3/t16-,17-/m0/s1. The second kappa shape index (κ2) is 6.99. The predicted molar refractivity (Wildman–Crippen MR) is 100 cm³/mol. The Morgan fingerprint density at radius 3 is 2.35 bits per heavy atom. The Morgan fingerprint density at radius 2 is 1.74 bits per heavy atom. The average Bonchev–Trinajstić information content (AvgIpc) is 3.01. The molecule has 3 nitrogen and oxygen atoms in total. The van der Waals surface area contributed by atoms with Gasteiger partial charge in [0.2, 0.25) is 0 Å². The van der Waals surface area contributed by atoms with Crippen LogP contribution in [0, 0.1) is 0 Å². The van der Waals surface area contributed by atoms with Gasteiger partial charge in [0.15, 0.2) is 5.78 Å². The fraction of sp³-hybridized carbons (Fsp3) is 0.222. The first kappa shape index (κ1) is 16.4. The summed E-state index contributed by atoms with van der Waals surface area (Å²) in [7, 11) is 3.93. The van der Waals surface area contributed by atoms with E-state index in [1.54, 1.807) is 11.8 Å². The van der Waals surface area contributed by atoms with Crippen molar-refractivity contribution in [2.24, 2.45) is 4.99 Å². The van der Waals surface area contributed by atoms with Crippen molar-refractivity contribution in [3.63, 3.8) is 0 Å². The Labute approximate surface area is 148 Å². The molecule has 5 heteroatoms. The van der Waals surface area contributed by atoms with E-state index in [0.717, 1.165) is 20.6 Å². The number of nitrogens with zero attached hydrogens (tertiary/aromatic N) is 2. The van der Waals surface area contributed by atoms with Gasteiger partial charge in [-0.2, -0.15) is 0 Å². The van der Waals surface area contributed by atoms with Crippen molar-refractivity contribution in [1.29, 1.82) is 0 Å². The molecule has 118 valence electrons. The molecule has 0 unspecified atom stereocenters. The third-order valence-electron chi connectivity index (χ3n) is 3.70. The summed E-state index contributed by atoms with van der Waals surface area (Å²) in [6, 6.07) is 17.6. The number of halogens is 1. The summed E-state index contributed by atoms with van der Waals surface area (Å²) in [4.78, 5) is 19.7. The van der Waals surface area contributed by atoms with E-state index in [4.69, 9.17) is 4.99 Å². The zero-order valence-electron chi connectivity index (χ0n) is 12.9. The molecule has 0 spiro atoms. The summed E-state index contributed by atoms with van der Waals surface area (Å²) in [6.45, 7) is 0. The van der Waals surface area contributed by atoms with Crippen molar-refractivity contribution in [1.82, 2.24) is 4.90 Å². The molecule has 0 aromatic heterocycles. The van der Waals surface area contributed by atoms with Gasteiger partial charge in [-0.05, 0) is 26.2 Å². The van der Waals surface area contributed by atoms with Gasteiger partial charge in [-0.1, -0.05) is 70.2 Å². The van der Waals surface area contributed by atoms with E-state index in [-0.39, 0.29) is 17.2 Å². The number of carbonyl (C=O) groups is 1. The quantitative estimate of drug-likeness (QED) is 0.739. The highest BCUT2D eigenvalue weighted by molar-refractivity contribution is 9.10. The number of Topliss-reactive ketones (excluding diaryl/α,β-unsaturated/α-hetero) is 1. The molecular weight excluding hydrogens is 372 g/mol. The normalized spacial score (nSPS) is 20.6. The van der Waals surface area contributed by atoms with Gasteiger partial charge in [0, 0.05) is 15.6 Å². The van der Waals surface area contributed by atoms with E-state index in [1.165, 1.54) is 0 Å². The highest BCUT2D eigenvalue weighted by atomic mass is 79.9. The zero-order chi connectivity index (χ0) is 16.4. The zero-order valence-corrected chi connectivity index (χ0v) is 15.3. The summed E-state index contributed by atoms with van der Waals surface area (Å²) in [6.07, 6.45) is -0.147. The molecule has 1 aliphatic rings. The average molecular weight is 389 g/mol. The molecule has 1 heterocycles. The molecule has 23 heavy (non-hydrogen) atoms. The Kier molecular flexibility index (Phi) is 4.99. The van der Waals surface area contributed by atoms with Crippen LogP contribution in [0.15, 0.2) is 64.1 Å². The molecule has 0 saturated heterocycles. The molecule has 2 atom stereocenters. The number of hydrogen-bond donors (Lipinski definition) is 0. The van der Waals surface area contributed by atoms with Crippen LogP contribution < -0.4 is 0 Å². The van der Waals surface area contributed by atoms with Gasteiger partial charge in [0.1, 0.15) is 16.5 Å². The van der Waals surface area contributed by atoms with Crippen molar-refractivity contribution < 1.29 is 4.79 Å². The van der Waals surface area contributed by atoms with Gasteiger partial charge < -0.3 is 0 Å². The topological polar surface area (TPSA) is 32.7 Å². The third-order valence-corrected chi connectivity index (χ3v) is 5.50. The summed E-state index contributed by atoms with van der Waals surface area (Å²) in [5.74, 6) is 0.121. The van der Waals surface area contributed by atoms with Gasteiger partial charge in [-0.3, -0.25) is 14.7 Å². The van der Waals surface area contributed by atoms with E-state index in [1.807, 2.05) is 73.6 Å². The number of carbonyl (C=O) groups excluding carboxylic acids is 1. The minimum atomic E-state index is -0.221. The Bertz CT molecular complexity index is 728. The highest BCUT2D eigenvalue weighted by Gasteiger charge is 2.37. The van der Waals surface area contributed by atoms with Crippen molar-refractivity contribution in [3.8, 4) is 0 Å². The number of ketones is 1. The lowest BCUT2D eigenvalue weighted by atomic mass is 10.1. The van der Waals surface area contributed by atoms with Crippen LogP contribution in [0.4, 0.5) is 0 Å². The van der Waals surface area contributed by atoms with Crippen LogP contribution in [0.5, 0.6) is 0 Å². The first-order valence-corrected chi connectivity index (χ1v) is 8.99. The van der Waals surface area contributed by atoms with Crippen LogP contribution in [-0.4, -0.2) is 41.2 Å². The van der Waals surface area contributed by atoms with E-state index in [2.05, 4.69) is 15.9 Å². The lowest BCUT2D eigenvalue weighted by Gasteiger charge is -2.22. The monoisotopic (exact) mass is 388 g/mol. The molecule has 0 fully saturated rings. The van der Waals surface area contributed by atoms with Gasteiger partial charge in [0.05, 0.1) is 0 Å². The fourth-order valence-corrected chi connectivity index (χ4v) is 4.09. The van der Waals surface area contributed by atoms with E-state index >= 15 is 0 Å². The molecule has 0 aliphatic carbocycles. The van der Waals surface area contributed by atoms with Crippen LogP contribution in [0.2, 0.25) is 0 Å². The molecule has 0 amide bonds. The largest absolute Gasteiger partial charge is 0.293 e. The predicted octanol–water partition coefficient (Wildman–Crippen LogP) is 4.08. The van der Waals surface area contributed by atoms with Gasteiger partial charge in [-0.25, -0.2) is 0 Å². The molecule has 0 saturated carbocycles. The number of aliphatic imine (C=N–C) groups is 1. The van der Waals surface area contributed by atoms with Crippen LogP contribution >= 0.6 is 27.7 Å². The molecular formula is C18H17BrN2OS. The van der Waals surface area contributed by atoms with Crippen molar-refractivity contribution in [2.45, 2.75) is 11.4 Å². The Hall–Kier alpha value is -1.43. The molecule has 0 bridgehead atoms. The first-order valence-electron chi connectivity index (χ1n) is 7.32. The molecule has 1 aliphatic heterocycles. The van der Waals surface area contributed by atoms with Crippen LogP contribution in [0.3, 0.4) is 0 Å². The second-order valence-electron chi connectivity index (χ2n) is 5.59. The number of benzene rings is 2. The number of rotatable bonds is 4. The van der Waals surface area contributed by atoms with Crippen LogP contribution in [0.1, 0.15) is 15.9 Å². The van der Waals surface area contributed by atoms with Crippen molar-refractivity contribution in [2.75, 3.05) is 14.1 Å². The fourth-order valence-electron chi connectivity index (χ4n) is 2.48. The van der Waals surface area contributed by atoms with E-state index < -0.39 is 0 Å². The van der Waals surface area contributed by atoms with Gasteiger partial charge in [-0.15, -0.1) is 0 Å². The molecule has 2 aromatic carbocycles. The summed E-state index contributed by atoms with van der Waals surface area (Å²) in [5, 5.41) is 0.709. The maximum atomic E-state index is 12.9. The molecule has 0 N–H and O–H groups in total. The van der Waals surface area contributed by atoms with Gasteiger partial charge in [0.25, 0.3) is 0 Å². The maximum absolute atomic E-state index is 12.9. The van der Waals surface area contributed by atoms with Gasteiger partial charge >= 0.3 is 0 Å². The highest BCUT2D eigenvalue weighted by Crippen LogP contribution is 2.33. The summed E-state index contributed by atoms with van der Waals surface area (Å²) in [5.41, 5.74) is 1.79. The Morgan fingerprint density at radius 1 is 1.09 bits per heavy atom. The Balaban J connectivity index is 1.88. The minimum Gasteiger partial charge on any atom is -0.293 e. The molecule has 0 radical (unpaired) electrons. The number of thioether (sulfide) groups is 1. The second-order valence-corrected chi connectivity index (χ2v) is 7.63. The van der Waals surface area contributed by atoms with Crippen molar-refractivity contribution in [3.05, 3.63) is 70.2 Å². The van der Waals surface area contributed by atoms with E-state index in [0.29, 0.717) is 0 Å². The smallest absolute Gasteiger partial charge is 0.179 e. The molecule has 3 rings (SSSR count). The van der Waals surface area contributed by atoms with E-state index in [9.17, 15) is 4.79 Å². The minimum absolute atomic E-state index is 0.121. The first-order chi connectivity index (χ1) is 11.1. The number of hydrogen-bond acceptors (Lipinski definition) is 4. The maximum Gasteiger partial charge on any atom is 0.179 e. The SMILES string of the molecule is CN(C)[C@@H]1N=C(c2ccccc2)S[C@H]1C(=O)c1ccc(Br)cc1. The summed E-state index contributed by atoms with van der Waals surface area (Å²) >= 11 is 4.96. The lowest BCUT2D eigenvalue weighted by Crippen LogP contribution is -2.37.